The summed E-state index contributed by atoms with van der Waals surface area (Å²) < 4.78 is 1.84. The van der Waals surface area contributed by atoms with Crippen LogP contribution in [0.3, 0.4) is 0 Å². The summed E-state index contributed by atoms with van der Waals surface area (Å²) in [6.45, 7) is 6.36. The Labute approximate surface area is 193 Å². The lowest BCUT2D eigenvalue weighted by molar-refractivity contribution is -0.00257. The SMILES string of the molecule is CCNc1cc(-n2ccc3cc(C#N)cnc32)ncc1C(=O)N[C@H]1CC[C@H](C(C)(C)O)CC1. The molecule has 0 bridgehead atoms. The molecule has 3 heterocycles. The van der Waals surface area contributed by atoms with E-state index in [0.29, 0.717) is 34.8 Å². The Kier molecular flexibility index (Phi) is 6.34. The van der Waals surface area contributed by atoms with E-state index < -0.39 is 5.60 Å². The number of rotatable bonds is 6. The summed E-state index contributed by atoms with van der Waals surface area (Å²) in [5.41, 5.74) is 1.73. The van der Waals surface area contributed by atoms with Crippen LogP contribution in [-0.4, -0.2) is 43.7 Å². The predicted molar refractivity (Wildman–Crippen MR) is 127 cm³/mol. The van der Waals surface area contributed by atoms with Gasteiger partial charge in [-0.25, -0.2) is 9.97 Å². The van der Waals surface area contributed by atoms with Crippen LogP contribution in [0.5, 0.6) is 0 Å². The Morgan fingerprint density at radius 3 is 2.67 bits per heavy atom. The number of hydrogen-bond acceptors (Lipinski definition) is 6. The molecule has 1 aliphatic carbocycles. The standard InChI is InChI=1S/C25H30N6O2/c1-4-27-21-12-22(31-10-9-17-11-16(13-26)14-29-23(17)31)28-15-20(21)24(32)30-19-7-5-18(6-8-19)25(2,3)33/h9-12,14-15,18-19,33H,4-8H2,1-3H3,(H,27,28)(H,30,32)/t18-,19-. The molecule has 172 valence electrons. The van der Waals surface area contributed by atoms with Crippen LogP contribution in [0.1, 0.15) is 62.4 Å². The van der Waals surface area contributed by atoms with Gasteiger partial charge in [-0.15, -0.1) is 0 Å². The number of carbonyl (C=O) groups is 1. The van der Waals surface area contributed by atoms with Gasteiger partial charge in [0.15, 0.2) is 0 Å². The van der Waals surface area contributed by atoms with Crippen LogP contribution in [0.2, 0.25) is 0 Å². The smallest absolute Gasteiger partial charge is 0.255 e. The average molecular weight is 447 g/mol. The highest BCUT2D eigenvalue weighted by Crippen LogP contribution is 2.32. The highest BCUT2D eigenvalue weighted by Gasteiger charge is 2.32. The summed E-state index contributed by atoms with van der Waals surface area (Å²) in [4.78, 5) is 22.0. The number of fused-ring (bicyclic) bond motifs is 1. The maximum Gasteiger partial charge on any atom is 0.255 e. The summed E-state index contributed by atoms with van der Waals surface area (Å²) in [5, 5.41) is 26.6. The van der Waals surface area contributed by atoms with E-state index in [1.54, 1.807) is 18.5 Å². The molecule has 0 atom stereocenters. The first-order valence-corrected chi connectivity index (χ1v) is 11.4. The van der Waals surface area contributed by atoms with Gasteiger partial charge in [0.05, 0.1) is 22.4 Å². The Morgan fingerprint density at radius 2 is 2.00 bits per heavy atom. The molecule has 4 rings (SSSR count). The van der Waals surface area contributed by atoms with Gasteiger partial charge in [-0.1, -0.05) is 0 Å². The van der Waals surface area contributed by atoms with Crippen molar-refractivity contribution in [3.63, 3.8) is 0 Å². The highest BCUT2D eigenvalue weighted by atomic mass is 16.3. The van der Waals surface area contributed by atoms with E-state index in [9.17, 15) is 9.90 Å². The van der Waals surface area contributed by atoms with Crippen molar-refractivity contribution in [1.82, 2.24) is 19.9 Å². The van der Waals surface area contributed by atoms with Crippen molar-refractivity contribution in [2.75, 3.05) is 11.9 Å². The van der Waals surface area contributed by atoms with Crippen molar-refractivity contribution in [3.8, 4) is 11.9 Å². The lowest BCUT2D eigenvalue weighted by Crippen LogP contribution is -2.42. The Bertz CT molecular complexity index is 1200. The van der Waals surface area contributed by atoms with Gasteiger partial charge in [0.1, 0.15) is 17.5 Å². The van der Waals surface area contributed by atoms with Gasteiger partial charge in [-0.2, -0.15) is 5.26 Å². The monoisotopic (exact) mass is 446 g/mol. The van der Waals surface area contributed by atoms with Gasteiger partial charge in [0.25, 0.3) is 5.91 Å². The number of nitrogens with zero attached hydrogens (tertiary/aromatic N) is 4. The molecule has 1 fully saturated rings. The first kappa shape index (κ1) is 22.7. The lowest BCUT2D eigenvalue weighted by Gasteiger charge is -2.36. The summed E-state index contributed by atoms with van der Waals surface area (Å²) >= 11 is 0. The number of nitrogens with one attached hydrogen (secondary N) is 2. The molecular formula is C25H30N6O2. The molecule has 33 heavy (non-hydrogen) atoms. The van der Waals surface area contributed by atoms with Gasteiger partial charge < -0.3 is 15.7 Å². The van der Waals surface area contributed by atoms with E-state index in [2.05, 4.69) is 26.7 Å². The second-order valence-corrected chi connectivity index (χ2v) is 9.23. The number of pyridine rings is 2. The third-order valence-electron chi connectivity index (χ3n) is 6.47. The number of amides is 1. The Balaban J connectivity index is 1.54. The van der Waals surface area contributed by atoms with Crippen LogP contribution in [0.25, 0.3) is 16.9 Å². The van der Waals surface area contributed by atoms with Crippen LogP contribution in [0, 0.1) is 17.2 Å². The number of anilines is 1. The van der Waals surface area contributed by atoms with Crippen LogP contribution < -0.4 is 10.6 Å². The van der Waals surface area contributed by atoms with Crippen molar-refractivity contribution < 1.29 is 9.90 Å². The number of carbonyl (C=O) groups excluding carboxylic acids is 1. The molecule has 3 aromatic heterocycles. The quantitative estimate of drug-likeness (QED) is 0.531. The molecule has 0 saturated heterocycles. The zero-order valence-corrected chi connectivity index (χ0v) is 19.3. The van der Waals surface area contributed by atoms with Crippen molar-refractivity contribution in [2.45, 2.75) is 58.1 Å². The summed E-state index contributed by atoms with van der Waals surface area (Å²) in [6, 6.07) is 7.73. The number of hydrogen-bond donors (Lipinski definition) is 3. The first-order chi connectivity index (χ1) is 15.8. The maximum absolute atomic E-state index is 13.1. The topological polar surface area (TPSA) is 116 Å². The second kappa shape index (κ2) is 9.20. The molecular weight excluding hydrogens is 416 g/mol. The molecule has 1 amide bonds. The van der Waals surface area contributed by atoms with Crippen molar-refractivity contribution in [2.24, 2.45) is 5.92 Å². The largest absolute Gasteiger partial charge is 0.390 e. The fraction of sp³-hybridized carbons (Fsp3) is 0.440. The minimum Gasteiger partial charge on any atom is -0.390 e. The molecule has 0 unspecified atom stereocenters. The third-order valence-corrected chi connectivity index (χ3v) is 6.47. The van der Waals surface area contributed by atoms with Crippen LogP contribution >= 0.6 is 0 Å². The minimum absolute atomic E-state index is 0.0946. The van der Waals surface area contributed by atoms with Crippen molar-refractivity contribution in [3.05, 3.63) is 47.9 Å². The van der Waals surface area contributed by atoms with Gasteiger partial charge in [-0.3, -0.25) is 9.36 Å². The molecule has 0 radical (unpaired) electrons. The lowest BCUT2D eigenvalue weighted by atomic mass is 9.77. The molecule has 1 saturated carbocycles. The molecule has 8 heteroatoms. The second-order valence-electron chi connectivity index (χ2n) is 9.23. The van der Waals surface area contributed by atoms with Gasteiger partial charge in [0, 0.05) is 42.6 Å². The van der Waals surface area contributed by atoms with Crippen molar-refractivity contribution in [1.29, 1.82) is 5.26 Å². The van der Waals surface area contributed by atoms with E-state index in [1.165, 1.54) is 0 Å². The zero-order valence-electron chi connectivity index (χ0n) is 19.3. The van der Waals surface area contributed by atoms with E-state index in [0.717, 1.165) is 31.1 Å². The van der Waals surface area contributed by atoms with Crippen LogP contribution in [-0.2, 0) is 0 Å². The summed E-state index contributed by atoms with van der Waals surface area (Å²) in [7, 11) is 0. The van der Waals surface area contributed by atoms with Crippen LogP contribution in [0.4, 0.5) is 5.69 Å². The molecule has 1 aliphatic rings. The number of aromatic nitrogens is 3. The van der Waals surface area contributed by atoms with E-state index in [-0.39, 0.29) is 17.9 Å². The van der Waals surface area contributed by atoms with Crippen LogP contribution in [0.15, 0.2) is 36.8 Å². The number of aliphatic hydroxyl groups is 1. The van der Waals surface area contributed by atoms with Gasteiger partial charge in [0.2, 0.25) is 0 Å². The van der Waals surface area contributed by atoms with Gasteiger partial charge >= 0.3 is 0 Å². The zero-order chi connectivity index (χ0) is 23.6. The fourth-order valence-electron chi connectivity index (χ4n) is 4.57. The normalized spacial score (nSPS) is 18.6. The number of nitriles is 1. The first-order valence-electron chi connectivity index (χ1n) is 11.4. The van der Waals surface area contributed by atoms with Gasteiger partial charge in [-0.05, 0) is 64.5 Å². The predicted octanol–water partition coefficient (Wildman–Crippen LogP) is 3.78. The average Bonchev–Trinajstić information content (AvgIpc) is 3.22. The molecule has 0 aliphatic heterocycles. The molecule has 0 spiro atoms. The maximum atomic E-state index is 13.1. The van der Waals surface area contributed by atoms with E-state index >= 15 is 0 Å². The highest BCUT2D eigenvalue weighted by molar-refractivity contribution is 5.99. The summed E-state index contributed by atoms with van der Waals surface area (Å²) in [5.74, 6) is 0.754. The van der Waals surface area contributed by atoms with Crippen molar-refractivity contribution >= 4 is 22.6 Å². The Morgan fingerprint density at radius 1 is 1.24 bits per heavy atom. The molecule has 0 aromatic carbocycles. The minimum atomic E-state index is -0.680. The Hall–Kier alpha value is -3.44. The van der Waals surface area contributed by atoms with E-state index in [1.807, 2.05) is 43.7 Å². The molecule has 3 aromatic rings. The third kappa shape index (κ3) is 4.83. The van der Waals surface area contributed by atoms with E-state index in [4.69, 9.17) is 5.26 Å². The fourth-order valence-corrected chi connectivity index (χ4v) is 4.57. The molecule has 8 nitrogen and oxygen atoms in total. The molecule has 3 N–H and O–H groups in total. The summed E-state index contributed by atoms with van der Waals surface area (Å²) in [6.07, 6.45) is 8.50.